The number of rotatable bonds is 3. The molecular weight excluding hydrogens is 242 g/mol. The Bertz CT molecular complexity index is 548. The first-order chi connectivity index (χ1) is 9.29. The first-order valence-electron chi connectivity index (χ1n) is 6.46. The zero-order valence-corrected chi connectivity index (χ0v) is 10.7. The highest BCUT2D eigenvalue weighted by Crippen LogP contribution is 2.53. The van der Waals surface area contributed by atoms with Crippen LogP contribution in [0.5, 0.6) is 0 Å². The molecule has 5 rings (SSSR count). The minimum absolute atomic E-state index is 0.321. The summed E-state index contributed by atoms with van der Waals surface area (Å²) in [5.74, 6) is -0.321. The molecule has 4 fully saturated rings. The molecule has 19 heavy (non-hydrogen) atoms. The van der Waals surface area contributed by atoms with Gasteiger partial charge in [0.25, 0.3) is 0 Å². The monoisotopic (exact) mass is 257 g/mol. The van der Waals surface area contributed by atoms with E-state index in [2.05, 4.69) is 25.7 Å². The summed E-state index contributed by atoms with van der Waals surface area (Å²) in [4.78, 5) is 13.6. The van der Waals surface area contributed by atoms with Gasteiger partial charge in [-0.15, -0.1) is 0 Å². The van der Waals surface area contributed by atoms with Crippen LogP contribution in [0.3, 0.4) is 0 Å². The molecule has 98 valence electrons. The van der Waals surface area contributed by atoms with Crippen LogP contribution in [0.4, 0.5) is 5.69 Å². The number of esters is 1. The van der Waals surface area contributed by atoms with Gasteiger partial charge in [0, 0.05) is 24.9 Å². The Hall–Kier alpha value is -1.85. The van der Waals surface area contributed by atoms with Gasteiger partial charge in [-0.3, -0.25) is 0 Å². The molecule has 5 nitrogen and oxygen atoms in total. The van der Waals surface area contributed by atoms with Crippen LogP contribution in [0.15, 0.2) is 30.3 Å². The number of para-hydroxylation sites is 1. The molecule has 5 heteroatoms. The molecule has 0 N–H and O–H groups in total. The van der Waals surface area contributed by atoms with Crippen molar-refractivity contribution in [1.82, 2.24) is 10.0 Å². The lowest BCUT2D eigenvalue weighted by Crippen LogP contribution is -2.47. The van der Waals surface area contributed by atoms with Gasteiger partial charge in [0.1, 0.15) is 12.3 Å². The van der Waals surface area contributed by atoms with Crippen LogP contribution in [-0.2, 0) is 9.53 Å². The molecule has 4 saturated heterocycles. The second-order valence-electron chi connectivity index (χ2n) is 5.04. The molecule has 0 aromatic heterocycles. The van der Waals surface area contributed by atoms with E-state index in [4.69, 9.17) is 0 Å². The van der Waals surface area contributed by atoms with Crippen molar-refractivity contribution in [2.75, 3.05) is 25.1 Å². The average molecular weight is 257 g/mol. The second-order valence-corrected chi connectivity index (χ2v) is 5.04. The maximum Gasteiger partial charge on any atom is 0.330 e. The molecule has 0 spiro atoms. The molecule has 0 radical (unpaired) electrons. The third kappa shape index (κ3) is 1.66. The molecular formula is C14H15N3O2. The summed E-state index contributed by atoms with van der Waals surface area (Å²) in [6.07, 6.45) is 4.55. The maximum atomic E-state index is 11.2. The van der Waals surface area contributed by atoms with E-state index in [1.165, 1.54) is 18.9 Å². The second kappa shape index (κ2) is 3.82. The highest BCUT2D eigenvalue weighted by atomic mass is 16.5. The summed E-state index contributed by atoms with van der Waals surface area (Å²) in [6.45, 7) is 2.08. The number of hydrazine groups is 1. The standard InChI is InChI=1S/C14H15N3O2/c1-19-14(18)7-6-10-4-2-3-5-11(10)15-8-12-16-13(9-15)17(12)16/h2-7,12-13H,8-9H2,1H3/b7-6+. The Kier molecular flexibility index (Phi) is 2.22. The highest BCUT2D eigenvalue weighted by Gasteiger charge is 2.72. The van der Waals surface area contributed by atoms with Gasteiger partial charge in [-0.05, 0) is 17.7 Å². The number of ether oxygens (including phenoxy) is 1. The molecule has 4 aliphatic rings. The summed E-state index contributed by atoms with van der Waals surface area (Å²) < 4.78 is 4.63. The molecule has 1 aromatic carbocycles. The first kappa shape index (κ1) is 11.0. The van der Waals surface area contributed by atoms with E-state index < -0.39 is 0 Å². The fourth-order valence-electron chi connectivity index (χ4n) is 2.95. The third-order valence-corrected chi connectivity index (χ3v) is 4.02. The van der Waals surface area contributed by atoms with E-state index in [9.17, 15) is 4.79 Å². The normalized spacial score (nSPS) is 34.1. The number of fused-ring (bicyclic) bond motifs is 2. The lowest BCUT2D eigenvalue weighted by Gasteiger charge is -2.33. The van der Waals surface area contributed by atoms with E-state index in [1.54, 1.807) is 0 Å². The maximum absolute atomic E-state index is 11.2. The molecule has 4 heterocycles. The number of carbonyl (C=O) groups is 1. The summed E-state index contributed by atoms with van der Waals surface area (Å²) in [7, 11) is 1.39. The van der Waals surface area contributed by atoms with Crippen molar-refractivity contribution in [3.05, 3.63) is 35.9 Å². The first-order valence-corrected chi connectivity index (χ1v) is 6.46. The topological polar surface area (TPSA) is 35.6 Å². The lowest BCUT2D eigenvalue weighted by molar-refractivity contribution is -0.134. The minimum Gasteiger partial charge on any atom is -0.466 e. The SMILES string of the molecule is COC(=O)/C=C/c1ccccc1N1CC2N3C(C1)N23. The van der Waals surface area contributed by atoms with Gasteiger partial charge in [-0.1, -0.05) is 18.2 Å². The number of hydrogen-bond donors (Lipinski definition) is 0. The van der Waals surface area contributed by atoms with Crippen LogP contribution in [0.1, 0.15) is 5.56 Å². The fourth-order valence-corrected chi connectivity index (χ4v) is 2.95. The minimum atomic E-state index is -0.321. The quantitative estimate of drug-likeness (QED) is 0.456. The van der Waals surface area contributed by atoms with Crippen molar-refractivity contribution < 1.29 is 9.53 Å². The number of hydrogen-bond acceptors (Lipinski definition) is 5. The highest BCUT2D eigenvalue weighted by molar-refractivity contribution is 5.88. The molecule has 4 aliphatic heterocycles. The summed E-state index contributed by atoms with van der Waals surface area (Å²) in [6, 6.07) is 8.17. The molecule has 0 atom stereocenters. The zero-order valence-electron chi connectivity index (χ0n) is 10.7. The van der Waals surface area contributed by atoms with E-state index in [-0.39, 0.29) is 5.97 Å². The van der Waals surface area contributed by atoms with Crippen molar-refractivity contribution in [2.24, 2.45) is 0 Å². The van der Waals surface area contributed by atoms with Crippen molar-refractivity contribution in [3.8, 4) is 0 Å². The summed E-state index contributed by atoms with van der Waals surface area (Å²) >= 11 is 0. The van der Waals surface area contributed by atoms with Crippen molar-refractivity contribution in [3.63, 3.8) is 0 Å². The van der Waals surface area contributed by atoms with Gasteiger partial charge in [0.15, 0.2) is 0 Å². The Labute approximate surface area is 111 Å². The number of carbonyl (C=O) groups excluding carboxylic acids is 1. The number of anilines is 1. The molecule has 2 bridgehead atoms. The van der Waals surface area contributed by atoms with Crippen LogP contribution < -0.4 is 4.90 Å². The van der Waals surface area contributed by atoms with Gasteiger partial charge >= 0.3 is 5.97 Å². The van der Waals surface area contributed by atoms with Gasteiger partial charge in [0.05, 0.1) is 7.11 Å². The van der Waals surface area contributed by atoms with E-state index in [0.29, 0.717) is 12.3 Å². The summed E-state index contributed by atoms with van der Waals surface area (Å²) in [5.41, 5.74) is 2.26. The van der Waals surface area contributed by atoms with Crippen molar-refractivity contribution in [1.29, 1.82) is 0 Å². The molecule has 0 amide bonds. The average Bonchev–Trinajstić information content (AvgIpc) is 3.37. The van der Waals surface area contributed by atoms with Crippen LogP contribution in [0.2, 0.25) is 0 Å². The van der Waals surface area contributed by atoms with Crippen molar-refractivity contribution in [2.45, 2.75) is 12.3 Å². The molecule has 0 unspecified atom stereocenters. The van der Waals surface area contributed by atoms with Gasteiger partial charge < -0.3 is 9.64 Å². The Morgan fingerprint density at radius 3 is 2.63 bits per heavy atom. The van der Waals surface area contributed by atoms with Gasteiger partial charge in [-0.25, -0.2) is 4.79 Å². The number of piperazine rings is 2. The van der Waals surface area contributed by atoms with Crippen LogP contribution in [-0.4, -0.2) is 48.5 Å². The lowest BCUT2D eigenvalue weighted by atomic mass is 10.1. The third-order valence-electron chi connectivity index (χ3n) is 4.02. The predicted octanol–water partition coefficient (Wildman–Crippen LogP) is 0.891. The number of benzene rings is 1. The molecule has 0 saturated carbocycles. The number of methoxy groups -OCH3 is 1. The molecule has 0 aliphatic carbocycles. The van der Waals surface area contributed by atoms with E-state index >= 15 is 0 Å². The van der Waals surface area contributed by atoms with E-state index in [0.717, 1.165) is 18.7 Å². The number of nitrogens with zero attached hydrogens (tertiary/aromatic N) is 3. The predicted molar refractivity (Wildman–Crippen MR) is 71.0 cm³/mol. The Balaban J connectivity index is 1.57. The largest absolute Gasteiger partial charge is 0.466 e. The Morgan fingerprint density at radius 2 is 1.95 bits per heavy atom. The van der Waals surface area contributed by atoms with Crippen LogP contribution in [0.25, 0.3) is 6.08 Å². The Morgan fingerprint density at radius 1 is 1.26 bits per heavy atom. The van der Waals surface area contributed by atoms with Gasteiger partial charge in [0.2, 0.25) is 0 Å². The van der Waals surface area contributed by atoms with Gasteiger partial charge in [-0.2, -0.15) is 10.0 Å². The smallest absolute Gasteiger partial charge is 0.330 e. The summed E-state index contributed by atoms with van der Waals surface area (Å²) in [5, 5.41) is 4.81. The van der Waals surface area contributed by atoms with Crippen LogP contribution >= 0.6 is 0 Å². The fraction of sp³-hybridized carbons (Fsp3) is 0.357. The van der Waals surface area contributed by atoms with Crippen molar-refractivity contribution >= 4 is 17.7 Å². The zero-order chi connectivity index (χ0) is 13.0. The van der Waals surface area contributed by atoms with E-state index in [1.807, 2.05) is 24.3 Å². The van der Waals surface area contributed by atoms with Crippen LogP contribution in [0, 0.1) is 0 Å². The molecule has 1 aromatic rings.